The van der Waals surface area contributed by atoms with Crippen molar-refractivity contribution in [1.29, 1.82) is 0 Å². The number of hydrogen-bond acceptors (Lipinski definition) is 2. The standard InChI is InChI=1S/C40H72O2Si2/c1-29(19-17-25-37(3,4)5)33-23-24-34-32(20-18-26-40(33,34)12)22-21-31-27-35(41-43(13,14)38(6,7)8)30(2)36(28-31)42-44(15,16)39(9,10)11/h19,21-22,33-36H,2,17-18,20,23-28H2,1,3-16H3/b29-19+,32-22+/t33-,34+,35-,36-,40-/m1/s1. The Hall–Kier alpha value is -0.686. The largest absolute Gasteiger partial charge is 0.410 e. The van der Waals surface area contributed by atoms with Gasteiger partial charge in [0.05, 0.1) is 12.2 Å². The topological polar surface area (TPSA) is 18.5 Å². The predicted molar refractivity (Wildman–Crippen MR) is 199 cm³/mol. The molecule has 0 amide bonds. The zero-order chi connectivity index (χ0) is 33.5. The summed E-state index contributed by atoms with van der Waals surface area (Å²) in [6.07, 6.45) is 18.7. The molecule has 44 heavy (non-hydrogen) atoms. The first-order chi connectivity index (χ1) is 19.9. The Labute approximate surface area is 276 Å². The van der Waals surface area contributed by atoms with Gasteiger partial charge in [-0.1, -0.05) is 111 Å². The van der Waals surface area contributed by atoms with Gasteiger partial charge in [-0.25, -0.2) is 0 Å². The monoisotopic (exact) mass is 641 g/mol. The van der Waals surface area contributed by atoms with Gasteiger partial charge in [0, 0.05) is 0 Å². The normalized spacial score (nSPS) is 30.6. The fourth-order valence-corrected chi connectivity index (χ4v) is 10.2. The minimum Gasteiger partial charge on any atom is -0.410 e. The van der Waals surface area contributed by atoms with Crippen LogP contribution in [0.3, 0.4) is 0 Å². The third kappa shape index (κ3) is 8.81. The summed E-state index contributed by atoms with van der Waals surface area (Å²) in [5, 5.41) is 0.328. The van der Waals surface area contributed by atoms with E-state index < -0.39 is 16.6 Å². The van der Waals surface area contributed by atoms with Crippen LogP contribution in [0.1, 0.15) is 134 Å². The molecule has 0 N–H and O–H groups in total. The summed E-state index contributed by atoms with van der Waals surface area (Å²) in [7, 11) is -3.93. The quantitative estimate of drug-likeness (QED) is 0.194. The highest BCUT2D eigenvalue weighted by atomic mass is 28.4. The van der Waals surface area contributed by atoms with E-state index in [1.807, 2.05) is 0 Å². The lowest BCUT2D eigenvalue weighted by molar-refractivity contribution is 0.132. The van der Waals surface area contributed by atoms with Crippen molar-refractivity contribution >= 4 is 16.6 Å². The lowest BCUT2D eigenvalue weighted by Gasteiger charge is -2.46. The Morgan fingerprint density at radius 2 is 1.39 bits per heavy atom. The van der Waals surface area contributed by atoms with E-state index in [-0.39, 0.29) is 22.3 Å². The van der Waals surface area contributed by atoms with Crippen LogP contribution in [0.5, 0.6) is 0 Å². The Balaban J connectivity index is 1.88. The predicted octanol–water partition coefficient (Wildman–Crippen LogP) is 13.0. The molecule has 252 valence electrons. The van der Waals surface area contributed by atoms with Gasteiger partial charge in [-0.15, -0.1) is 0 Å². The molecule has 0 spiro atoms. The van der Waals surface area contributed by atoms with Crippen LogP contribution in [0.2, 0.25) is 36.3 Å². The Morgan fingerprint density at radius 1 is 0.864 bits per heavy atom. The highest BCUT2D eigenvalue weighted by Crippen LogP contribution is 2.59. The molecule has 3 fully saturated rings. The second kappa shape index (κ2) is 13.4. The minimum absolute atomic E-state index is 0.0393. The molecule has 5 atom stereocenters. The van der Waals surface area contributed by atoms with Crippen LogP contribution in [0.4, 0.5) is 0 Å². The van der Waals surface area contributed by atoms with Crippen LogP contribution < -0.4 is 0 Å². The molecular weight excluding hydrogens is 569 g/mol. The molecule has 4 heteroatoms. The first kappa shape index (κ1) is 37.8. The Kier molecular flexibility index (Phi) is 11.5. The average molecular weight is 641 g/mol. The molecule has 0 heterocycles. The van der Waals surface area contributed by atoms with E-state index in [4.69, 9.17) is 8.85 Å². The molecule has 0 aromatic rings. The van der Waals surface area contributed by atoms with Crippen LogP contribution in [0.15, 0.2) is 47.1 Å². The third-order valence-corrected chi connectivity index (χ3v) is 21.6. The highest BCUT2D eigenvalue weighted by molar-refractivity contribution is 6.74. The number of rotatable bonds is 8. The van der Waals surface area contributed by atoms with Crippen LogP contribution >= 0.6 is 0 Å². The summed E-state index contributed by atoms with van der Waals surface area (Å²) < 4.78 is 14.2. The van der Waals surface area contributed by atoms with Crippen molar-refractivity contribution in [3.05, 3.63) is 47.1 Å². The molecule has 0 bridgehead atoms. The zero-order valence-corrected chi connectivity index (χ0v) is 33.9. The fraction of sp³-hybridized carbons (Fsp3) is 0.800. The third-order valence-electron chi connectivity index (χ3n) is 12.6. The van der Waals surface area contributed by atoms with Gasteiger partial charge in [-0.2, -0.15) is 0 Å². The van der Waals surface area contributed by atoms with E-state index in [1.54, 1.807) is 11.1 Å². The van der Waals surface area contributed by atoms with Gasteiger partial charge in [-0.3, -0.25) is 0 Å². The van der Waals surface area contributed by atoms with Gasteiger partial charge in [0.1, 0.15) is 0 Å². The number of hydrogen-bond donors (Lipinski definition) is 0. The molecule has 3 aliphatic rings. The maximum absolute atomic E-state index is 7.09. The van der Waals surface area contributed by atoms with E-state index in [9.17, 15) is 0 Å². The van der Waals surface area contributed by atoms with Crippen molar-refractivity contribution in [3.63, 3.8) is 0 Å². The molecule has 0 radical (unpaired) electrons. The highest BCUT2D eigenvalue weighted by Gasteiger charge is 2.50. The molecule has 0 aromatic heterocycles. The molecule has 3 rings (SSSR count). The Morgan fingerprint density at radius 3 is 1.86 bits per heavy atom. The fourth-order valence-electron chi connectivity index (χ4n) is 7.55. The molecule has 0 saturated heterocycles. The van der Waals surface area contributed by atoms with Crippen molar-refractivity contribution in [2.45, 2.75) is 182 Å². The van der Waals surface area contributed by atoms with Crippen LogP contribution in [-0.4, -0.2) is 28.8 Å². The summed E-state index contributed by atoms with van der Waals surface area (Å²) in [4.78, 5) is 0. The Bertz CT molecular complexity index is 1080. The smallest absolute Gasteiger partial charge is 0.192 e. The van der Waals surface area contributed by atoms with Gasteiger partial charge < -0.3 is 8.85 Å². The van der Waals surface area contributed by atoms with Gasteiger partial charge in [-0.05, 0) is 129 Å². The van der Waals surface area contributed by atoms with Crippen molar-refractivity contribution in [3.8, 4) is 0 Å². The van der Waals surface area contributed by atoms with E-state index in [1.165, 1.54) is 56.1 Å². The van der Waals surface area contributed by atoms with E-state index in [0.29, 0.717) is 16.7 Å². The van der Waals surface area contributed by atoms with Crippen molar-refractivity contribution < 1.29 is 8.85 Å². The molecule has 0 aromatic carbocycles. The van der Waals surface area contributed by atoms with E-state index in [2.05, 4.69) is 127 Å². The molecule has 3 saturated carbocycles. The van der Waals surface area contributed by atoms with Crippen LogP contribution in [0.25, 0.3) is 0 Å². The molecule has 3 aliphatic carbocycles. The van der Waals surface area contributed by atoms with Gasteiger partial charge >= 0.3 is 0 Å². The van der Waals surface area contributed by atoms with Crippen molar-refractivity contribution in [2.75, 3.05) is 0 Å². The first-order valence-corrected chi connectivity index (χ1v) is 23.8. The SMILES string of the molecule is C=C1[C@H](O[Si](C)(C)C(C)(C)C)CC(=C/C=C2\CCC[C@]3(C)[C@@H](/C(C)=C/CCC(C)(C)C)CC[C@@H]23)C[C@H]1O[Si](C)(C)C(C)(C)C. The van der Waals surface area contributed by atoms with Gasteiger partial charge in [0.15, 0.2) is 16.6 Å². The van der Waals surface area contributed by atoms with Crippen LogP contribution in [-0.2, 0) is 8.85 Å². The van der Waals surface area contributed by atoms with Crippen molar-refractivity contribution in [1.82, 2.24) is 0 Å². The summed E-state index contributed by atoms with van der Waals surface area (Å²) in [5.74, 6) is 1.44. The lowest BCUT2D eigenvalue weighted by atomic mass is 9.62. The first-order valence-electron chi connectivity index (χ1n) is 18.0. The summed E-state index contributed by atoms with van der Waals surface area (Å²) in [6.45, 7) is 40.3. The minimum atomic E-state index is -1.96. The average Bonchev–Trinajstić information content (AvgIpc) is 3.20. The second-order valence-electron chi connectivity index (χ2n) is 19.4. The second-order valence-corrected chi connectivity index (χ2v) is 28.9. The molecule has 0 aliphatic heterocycles. The maximum atomic E-state index is 7.09. The maximum Gasteiger partial charge on any atom is 0.192 e. The summed E-state index contributed by atoms with van der Waals surface area (Å²) in [6, 6.07) is 0. The number of allylic oxidation sites excluding steroid dienone is 5. The zero-order valence-electron chi connectivity index (χ0n) is 31.9. The van der Waals surface area contributed by atoms with E-state index in [0.717, 1.165) is 18.8 Å². The molecule has 2 nitrogen and oxygen atoms in total. The van der Waals surface area contributed by atoms with Crippen molar-refractivity contribution in [2.24, 2.45) is 22.7 Å². The molecular formula is C40H72O2Si2. The van der Waals surface area contributed by atoms with Gasteiger partial charge in [0.25, 0.3) is 0 Å². The molecule has 0 unspecified atom stereocenters. The summed E-state index contributed by atoms with van der Waals surface area (Å²) in [5.41, 5.74) is 6.81. The van der Waals surface area contributed by atoms with E-state index >= 15 is 0 Å². The van der Waals surface area contributed by atoms with Crippen LogP contribution in [0, 0.1) is 22.7 Å². The summed E-state index contributed by atoms with van der Waals surface area (Å²) >= 11 is 0. The lowest BCUT2D eigenvalue weighted by Crippen LogP contribution is -2.49. The number of fused-ring (bicyclic) bond motifs is 1. The van der Waals surface area contributed by atoms with Gasteiger partial charge in [0.2, 0.25) is 0 Å².